The molecule has 2 fully saturated rings. The quantitative estimate of drug-likeness (QED) is 0.270. The van der Waals surface area contributed by atoms with Gasteiger partial charge in [0.1, 0.15) is 18.1 Å². The zero-order chi connectivity index (χ0) is 32.6. The highest BCUT2D eigenvalue weighted by atomic mass is 35.5. The van der Waals surface area contributed by atoms with Crippen molar-refractivity contribution in [2.75, 3.05) is 11.9 Å². The summed E-state index contributed by atoms with van der Waals surface area (Å²) in [6, 6.07) is 20.7. The average molecular weight is 647 g/mol. The molecule has 5 rings (SSSR count). The number of carbonyl (C=O) groups is 5. The van der Waals surface area contributed by atoms with E-state index in [1.807, 2.05) is 60.7 Å². The Morgan fingerprint density at radius 2 is 1.70 bits per heavy atom. The lowest BCUT2D eigenvalue weighted by Gasteiger charge is -2.28. The molecule has 0 bridgehead atoms. The van der Waals surface area contributed by atoms with Crippen molar-refractivity contribution in [3.05, 3.63) is 101 Å². The number of carbonyl (C=O) groups excluding carboxylic acids is 5. The van der Waals surface area contributed by atoms with Gasteiger partial charge in [-0.25, -0.2) is 0 Å². The molecular weight excluding hydrogens is 612 g/mol. The molecule has 3 N–H and O–H groups in total. The number of hydrogen-bond acceptors (Lipinski definition) is 7. The van der Waals surface area contributed by atoms with Gasteiger partial charge in [0.15, 0.2) is 0 Å². The van der Waals surface area contributed by atoms with Gasteiger partial charge in [-0.1, -0.05) is 72.3 Å². The second-order valence-electron chi connectivity index (χ2n) is 11.3. The molecule has 0 spiro atoms. The number of likely N-dealkylation sites (tertiary alicyclic amines) is 1. The highest BCUT2D eigenvalue weighted by molar-refractivity contribution is 6.34. The van der Waals surface area contributed by atoms with E-state index in [2.05, 4.69) is 16.0 Å². The third-order valence-corrected chi connectivity index (χ3v) is 8.13. The molecule has 4 atom stereocenters. The molecule has 2 aliphatic heterocycles. The third kappa shape index (κ3) is 8.29. The van der Waals surface area contributed by atoms with E-state index < -0.39 is 48.1 Å². The van der Waals surface area contributed by atoms with Crippen LogP contribution in [0.25, 0.3) is 0 Å². The van der Waals surface area contributed by atoms with Gasteiger partial charge >= 0.3 is 5.97 Å². The number of halogens is 1. The Kier molecular flexibility index (Phi) is 10.7. The third-order valence-electron chi connectivity index (χ3n) is 7.82. The number of ether oxygens (including phenoxy) is 2. The van der Waals surface area contributed by atoms with E-state index in [9.17, 15) is 24.0 Å². The fourth-order valence-electron chi connectivity index (χ4n) is 5.46. The predicted octanol–water partition coefficient (Wildman–Crippen LogP) is 3.61. The lowest BCUT2D eigenvalue weighted by Crippen LogP contribution is -2.54. The summed E-state index contributed by atoms with van der Waals surface area (Å²) >= 11 is 6.36. The summed E-state index contributed by atoms with van der Waals surface area (Å²) in [7, 11) is 0. The van der Waals surface area contributed by atoms with Crippen LogP contribution in [0.15, 0.2) is 78.9 Å². The van der Waals surface area contributed by atoms with E-state index >= 15 is 0 Å². The highest BCUT2D eigenvalue weighted by Gasteiger charge is 2.41. The number of nitrogens with one attached hydrogen (secondary N) is 3. The average Bonchev–Trinajstić information content (AvgIpc) is 3.68. The maximum atomic E-state index is 13.4. The van der Waals surface area contributed by atoms with Crippen molar-refractivity contribution >= 4 is 46.9 Å². The van der Waals surface area contributed by atoms with Crippen molar-refractivity contribution in [1.82, 2.24) is 15.5 Å². The standard InChI is InChI=1S/C34H35ClN4O7/c1-21(36-31(42)24-14-15-26(25(35)18-24)37-29(40)17-22-9-4-2-5-10-22)33(44)39-16-8-13-28(39)32(43)38-27-19-30(41)46-34(27)45-20-23-11-6-3-7-12-23/h2-7,9-12,14-15,18,21,27-28,34H,8,13,16-17,19-20H2,1H3,(H,36,42)(H,37,40)(H,38,43)/t21-,27?,28-,34?/m0/s1. The topological polar surface area (TPSA) is 143 Å². The first-order valence-corrected chi connectivity index (χ1v) is 15.5. The van der Waals surface area contributed by atoms with Crippen LogP contribution in [-0.2, 0) is 41.7 Å². The number of esters is 1. The molecule has 2 unspecified atom stereocenters. The molecule has 46 heavy (non-hydrogen) atoms. The summed E-state index contributed by atoms with van der Waals surface area (Å²) in [5.74, 6) is -2.11. The van der Waals surface area contributed by atoms with E-state index in [4.69, 9.17) is 21.1 Å². The molecule has 240 valence electrons. The van der Waals surface area contributed by atoms with Gasteiger partial charge in [0.25, 0.3) is 5.91 Å². The zero-order valence-electron chi connectivity index (χ0n) is 25.2. The summed E-state index contributed by atoms with van der Waals surface area (Å²) in [5.41, 5.74) is 2.30. The van der Waals surface area contributed by atoms with E-state index in [-0.39, 0.29) is 35.9 Å². The lowest BCUT2D eigenvalue weighted by molar-refractivity contribution is -0.168. The van der Waals surface area contributed by atoms with E-state index in [0.29, 0.717) is 25.1 Å². The van der Waals surface area contributed by atoms with Gasteiger partial charge in [-0.05, 0) is 49.1 Å². The number of rotatable bonds is 11. The van der Waals surface area contributed by atoms with Crippen LogP contribution in [0, 0.1) is 0 Å². The number of anilines is 1. The fraction of sp³-hybridized carbons (Fsp3) is 0.324. The van der Waals surface area contributed by atoms with Crippen molar-refractivity contribution in [2.24, 2.45) is 0 Å². The summed E-state index contributed by atoms with van der Waals surface area (Å²) in [4.78, 5) is 65.6. The molecule has 12 heteroatoms. The first-order chi connectivity index (χ1) is 22.2. The molecule has 2 aliphatic rings. The van der Waals surface area contributed by atoms with Gasteiger partial charge in [-0.15, -0.1) is 0 Å². The second kappa shape index (κ2) is 15.0. The van der Waals surface area contributed by atoms with Gasteiger partial charge in [0.2, 0.25) is 24.0 Å². The first-order valence-electron chi connectivity index (χ1n) is 15.1. The van der Waals surface area contributed by atoms with Gasteiger partial charge in [-0.3, -0.25) is 24.0 Å². The SMILES string of the molecule is C[C@H](NC(=O)c1ccc(NC(=O)Cc2ccccc2)c(Cl)c1)C(=O)N1CCC[C@H]1C(=O)NC1CC(=O)OC1OCc1ccccc1. The van der Waals surface area contributed by atoms with Crippen molar-refractivity contribution in [3.8, 4) is 0 Å². The molecule has 0 saturated carbocycles. The molecule has 3 aromatic carbocycles. The Hall–Kier alpha value is -4.74. The van der Waals surface area contributed by atoms with Gasteiger partial charge in [0.05, 0.1) is 30.2 Å². The summed E-state index contributed by atoms with van der Waals surface area (Å²) < 4.78 is 11.1. The van der Waals surface area contributed by atoms with Crippen molar-refractivity contribution in [2.45, 2.75) is 63.6 Å². The van der Waals surface area contributed by atoms with Crippen molar-refractivity contribution < 1.29 is 33.4 Å². The number of nitrogens with zero attached hydrogens (tertiary/aromatic N) is 1. The molecule has 11 nitrogen and oxygen atoms in total. The molecule has 3 aromatic rings. The normalized spacial score (nSPS) is 19.7. The van der Waals surface area contributed by atoms with Crippen LogP contribution < -0.4 is 16.0 Å². The van der Waals surface area contributed by atoms with E-state index in [1.54, 1.807) is 6.92 Å². The van der Waals surface area contributed by atoms with Gasteiger partial charge in [0, 0.05) is 12.1 Å². The molecule has 0 radical (unpaired) electrons. The molecule has 0 aromatic heterocycles. The minimum atomic E-state index is -0.948. The van der Waals surface area contributed by atoms with Crippen LogP contribution in [-0.4, -0.2) is 65.5 Å². The van der Waals surface area contributed by atoms with Crippen LogP contribution in [0.3, 0.4) is 0 Å². The van der Waals surface area contributed by atoms with Crippen molar-refractivity contribution in [1.29, 1.82) is 0 Å². The Morgan fingerprint density at radius 3 is 2.39 bits per heavy atom. The van der Waals surface area contributed by atoms with Crippen molar-refractivity contribution in [3.63, 3.8) is 0 Å². The van der Waals surface area contributed by atoms with Crippen LogP contribution in [0.5, 0.6) is 0 Å². The minimum absolute atomic E-state index is 0.0453. The van der Waals surface area contributed by atoms with Gasteiger partial charge < -0.3 is 30.3 Å². The minimum Gasteiger partial charge on any atom is -0.433 e. The van der Waals surface area contributed by atoms with Crippen LogP contribution >= 0.6 is 11.6 Å². The number of cyclic esters (lactones) is 1. The maximum absolute atomic E-state index is 13.4. The van der Waals surface area contributed by atoms with Gasteiger partial charge in [-0.2, -0.15) is 0 Å². The largest absolute Gasteiger partial charge is 0.433 e. The Bertz CT molecular complexity index is 1590. The summed E-state index contributed by atoms with van der Waals surface area (Å²) in [6.45, 7) is 2.09. The molecule has 2 saturated heterocycles. The number of hydrogen-bond donors (Lipinski definition) is 3. The molecular formula is C34H35ClN4O7. The van der Waals surface area contributed by atoms with E-state index in [1.165, 1.54) is 23.1 Å². The summed E-state index contributed by atoms with van der Waals surface area (Å²) in [5, 5.41) is 8.43. The maximum Gasteiger partial charge on any atom is 0.310 e. The Labute approximate surface area is 271 Å². The first kappa shape index (κ1) is 32.6. The number of amides is 4. The monoisotopic (exact) mass is 646 g/mol. The fourth-order valence-corrected chi connectivity index (χ4v) is 5.69. The van der Waals surface area contributed by atoms with Crippen LogP contribution in [0.2, 0.25) is 5.02 Å². The van der Waals surface area contributed by atoms with E-state index in [0.717, 1.165) is 11.1 Å². The number of benzene rings is 3. The zero-order valence-corrected chi connectivity index (χ0v) is 26.0. The predicted molar refractivity (Wildman–Crippen MR) is 170 cm³/mol. The Balaban J connectivity index is 1.14. The second-order valence-corrected chi connectivity index (χ2v) is 11.7. The molecule has 2 heterocycles. The summed E-state index contributed by atoms with van der Waals surface area (Å²) in [6.07, 6.45) is 0.212. The highest BCUT2D eigenvalue weighted by Crippen LogP contribution is 2.25. The molecule has 0 aliphatic carbocycles. The molecule has 4 amide bonds. The Morgan fingerprint density at radius 1 is 1.00 bits per heavy atom. The van der Waals surface area contributed by atoms with Crippen LogP contribution in [0.1, 0.15) is 47.7 Å². The smallest absolute Gasteiger partial charge is 0.310 e. The lowest BCUT2D eigenvalue weighted by atomic mass is 10.1. The van der Waals surface area contributed by atoms with Crippen LogP contribution in [0.4, 0.5) is 5.69 Å².